The molecule has 4 N–H and O–H groups in total. The van der Waals surface area contributed by atoms with Gasteiger partial charge in [-0.25, -0.2) is 4.79 Å². The molecule has 0 radical (unpaired) electrons. The van der Waals surface area contributed by atoms with E-state index in [1.165, 1.54) is 0 Å². The third-order valence-electron chi connectivity index (χ3n) is 2.67. The van der Waals surface area contributed by atoms with Crippen LogP contribution in [0.1, 0.15) is 20.8 Å². The van der Waals surface area contributed by atoms with Gasteiger partial charge in [0.1, 0.15) is 0 Å². The first-order valence-corrected chi connectivity index (χ1v) is 6.24. The number of hydrogen-bond donors (Lipinski definition) is 3. The summed E-state index contributed by atoms with van der Waals surface area (Å²) in [5.74, 6) is 0. The quantitative estimate of drug-likeness (QED) is 0.790. The minimum absolute atomic E-state index is 0.0829. The zero-order valence-electron chi connectivity index (χ0n) is 11.0. The Hall–Kier alpha value is -1.26. The molecule has 5 heteroatoms. The van der Waals surface area contributed by atoms with E-state index < -0.39 is 0 Å². The van der Waals surface area contributed by atoms with Gasteiger partial charge in [0, 0.05) is 23.3 Å². The van der Waals surface area contributed by atoms with E-state index in [1.54, 1.807) is 24.3 Å². The van der Waals surface area contributed by atoms with Gasteiger partial charge in [-0.3, -0.25) is 0 Å². The van der Waals surface area contributed by atoms with Gasteiger partial charge >= 0.3 is 6.03 Å². The molecule has 1 unspecified atom stereocenters. The van der Waals surface area contributed by atoms with Crippen molar-refractivity contribution in [2.24, 2.45) is 11.1 Å². The summed E-state index contributed by atoms with van der Waals surface area (Å²) in [7, 11) is 0. The van der Waals surface area contributed by atoms with Crippen LogP contribution in [0.2, 0.25) is 5.02 Å². The minimum Gasteiger partial charge on any atom is -0.333 e. The van der Waals surface area contributed by atoms with Crippen molar-refractivity contribution in [2.45, 2.75) is 26.8 Å². The third-order valence-corrected chi connectivity index (χ3v) is 2.90. The van der Waals surface area contributed by atoms with Gasteiger partial charge in [-0.05, 0) is 23.6 Å². The van der Waals surface area contributed by atoms with E-state index >= 15 is 0 Å². The van der Waals surface area contributed by atoms with E-state index in [4.69, 9.17) is 17.3 Å². The van der Waals surface area contributed by atoms with Gasteiger partial charge in [-0.1, -0.05) is 38.4 Å². The van der Waals surface area contributed by atoms with Gasteiger partial charge in [-0.15, -0.1) is 0 Å². The van der Waals surface area contributed by atoms with Crippen LogP contribution >= 0.6 is 11.6 Å². The van der Waals surface area contributed by atoms with E-state index in [2.05, 4.69) is 10.6 Å². The first-order valence-electron chi connectivity index (χ1n) is 5.86. The maximum absolute atomic E-state index is 11.8. The Morgan fingerprint density at radius 1 is 1.44 bits per heavy atom. The van der Waals surface area contributed by atoms with Crippen molar-refractivity contribution in [3.8, 4) is 0 Å². The molecule has 0 aliphatic rings. The molecule has 0 aromatic heterocycles. The number of rotatable bonds is 3. The van der Waals surface area contributed by atoms with Crippen LogP contribution in [0, 0.1) is 5.41 Å². The highest BCUT2D eigenvalue weighted by Gasteiger charge is 2.24. The lowest BCUT2D eigenvalue weighted by molar-refractivity contribution is 0.230. The summed E-state index contributed by atoms with van der Waals surface area (Å²) in [6, 6.07) is 6.64. The van der Waals surface area contributed by atoms with Crippen LogP contribution in [0.15, 0.2) is 24.3 Å². The Labute approximate surface area is 113 Å². The monoisotopic (exact) mass is 269 g/mol. The first-order chi connectivity index (χ1) is 8.32. The Morgan fingerprint density at radius 2 is 2.11 bits per heavy atom. The molecule has 1 rings (SSSR count). The van der Waals surface area contributed by atoms with Crippen molar-refractivity contribution in [1.82, 2.24) is 5.32 Å². The molecule has 1 aromatic carbocycles. The van der Waals surface area contributed by atoms with Crippen molar-refractivity contribution in [1.29, 1.82) is 0 Å². The molecular formula is C13H20ClN3O. The molecule has 0 aliphatic carbocycles. The second kappa shape index (κ2) is 6.07. The van der Waals surface area contributed by atoms with Crippen molar-refractivity contribution in [2.75, 3.05) is 11.9 Å². The number of nitrogens with two attached hydrogens (primary N) is 1. The Kier molecular flexibility index (Phi) is 4.99. The second-order valence-electron chi connectivity index (χ2n) is 5.26. The van der Waals surface area contributed by atoms with Crippen LogP contribution in [0.5, 0.6) is 0 Å². The first kappa shape index (κ1) is 14.8. The number of carbonyl (C=O) groups is 1. The number of hydrogen-bond acceptors (Lipinski definition) is 2. The standard InChI is InChI=1S/C13H20ClN3O/c1-13(2,3)11(8-15)17-12(18)16-10-6-4-5-9(14)7-10/h4-7,11H,8,15H2,1-3H3,(H2,16,17,18). The van der Waals surface area contributed by atoms with E-state index in [1.807, 2.05) is 20.8 Å². The Morgan fingerprint density at radius 3 is 2.61 bits per heavy atom. The van der Waals surface area contributed by atoms with Crippen LogP contribution in [-0.2, 0) is 0 Å². The van der Waals surface area contributed by atoms with Crippen molar-refractivity contribution < 1.29 is 4.79 Å². The highest BCUT2D eigenvalue weighted by Crippen LogP contribution is 2.19. The average molecular weight is 270 g/mol. The maximum Gasteiger partial charge on any atom is 0.319 e. The molecule has 0 aliphatic heterocycles. The van der Waals surface area contributed by atoms with Crippen LogP contribution in [-0.4, -0.2) is 18.6 Å². The van der Waals surface area contributed by atoms with Gasteiger partial charge in [0.25, 0.3) is 0 Å². The number of nitrogens with one attached hydrogen (secondary N) is 2. The number of anilines is 1. The van der Waals surface area contributed by atoms with Crippen molar-refractivity contribution in [3.05, 3.63) is 29.3 Å². The fraction of sp³-hybridized carbons (Fsp3) is 0.462. The topological polar surface area (TPSA) is 67.1 Å². The fourth-order valence-electron chi connectivity index (χ4n) is 1.52. The second-order valence-corrected chi connectivity index (χ2v) is 5.70. The molecular weight excluding hydrogens is 250 g/mol. The zero-order chi connectivity index (χ0) is 13.8. The van der Waals surface area contributed by atoms with Gasteiger partial charge in [0.05, 0.1) is 0 Å². The lowest BCUT2D eigenvalue weighted by Crippen LogP contribution is -2.49. The number of amides is 2. The molecule has 1 atom stereocenters. The van der Waals surface area contributed by atoms with E-state index in [0.717, 1.165) is 0 Å². The largest absolute Gasteiger partial charge is 0.333 e. The fourth-order valence-corrected chi connectivity index (χ4v) is 1.71. The van der Waals surface area contributed by atoms with Gasteiger partial charge < -0.3 is 16.4 Å². The van der Waals surface area contributed by atoms with Gasteiger partial charge in [-0.2, -0.15) is 0 Å². The van der Waals surface area contributed by atoms with E-state index in [-0.39, 0.29) is 17.5 Å². The Bertz CT molecular complexity index is 415. The summed E-state index contributed by atoms with van der Waals surface area (Å²) in [5, 5.41) is 6.17. The molecule has 100 valence electrons. The molecule has 4 nitrogen and oxygen atoms in total. The molecule has 1 aromatic rings. The predicted octanol–water partition coefficient (Wildman–Crippen LogP) is 2.83. The summed E-state index contributed by atoms with van der Waals surface area (Å²) in [6.07, 6.45) is 0. The summed E-state index contributed by atoms with van der Waals surface area (Å²) >= 11 is 5.84. The average Bonchev–Trinajstić information content (AvgIpc) is 2.24. The summed E-state index contributed by atoms with van der Waals surface area (Å²) in [5.41, 5.74) is 6.24. The lowest BCUT2D eigenvalue weighted by Gasteiger charge is -2.30. The molecule has 0 spiro atoms. The highest BCUT2D eigenvalue weighted by atomic mass is 35.5. The van der Waals surface area contributed by atoms with Crippen LogP contribution in [0.3, 0.4) is 0 Å². The lowest BCUT2D eigenvalue weighted by atomic mass is 9.87. The summed E-state index contributed by atoms with van der Waals surface area (Å²) in [6.45, 7) is 6.49. The predicted molar refractivity (Wildman–Crippen MR) is 75.9 cm³/mol. The van der Waals surface area contributed by atoms with E-state index in [9.17, 15) is 4.79 Å². The molecule has 0 saturated carbocycles. The summed E-state index contributed by atoms with van der Waals surface area (Å²) in [4.78, 5) is 11.8. The van der Waals surface area contributed by atoms with Crippen LogP contribution in [0.4, 0.5) is 10.5 Å². The van der Waals surface area contributed by atoms with Crippen LogP contribution in [0.25, 0.3) is 0 Å². The number of urea groups is 1. The minimum atomic E-state index is -0.275. The summed E-state index contributed by atoms with van der Waals surface area (Å²) < 4.78 is 0. The molecule has 0 fully saturated rings. The van der Waals surface area contributed by atoms with Crippen LogP contribution < -0.4 is 16.4 Å². The maximum atomic E-state index is 11.8. The van der Waals surface area contributed by atoms with Gasteiger partial charge in [0.15, 0.2) is 0 Å². The van der Waals surface area contributed by atoms with Gasteiger partial charge in [0.2, 0.25) is 0 Å². The molecule has 2 amide bonds. The smallest absolute Gasteiger partial charge is 0.319 e. The molecule has 0 bridgehead atoms. The zero-order valence-corrected chi connectivity index (χ0v) is 11.7. The van der Waals surface area contributed by atoms with Crippen molar-refractivity contribution in [3.63, 3.8) is 0 Å². The molecule has 0 saturated heterocycles. The van der Waals surface area contributed by atoms with Crippen molar-refractivity contribution >= 4 is 23.3 Å². The number of carbonyl (C=O) groups excluding carboxylic acids is 1. The normalized spacial score (nSPS) is 12.9. The number of halogens is 1. The molecule has 18 heavy (non-hydrogen) atoms. The Balaban J connectivity index is 2.61. The SMILES string of the molecule is CC(C)(C)C(CN)NC(=O)Nc1cccc(Cl)c1. The third kappa shape index (κ3) is 4.55. The number of benzene rings is 1. The molecule has 0 heterocycles. The van der Waals surface area contributed by atoms with E-state index in [0.29, 0.717) is 17.3 Å². The highest BCUT2D eigenvalue weighted by molar-refractivity contribution is 6.30.